The lowest BCUT2D eigenvalue weighted by molar-refractivity contribution is -0.124. The topological polar surface area (TPSA) is 26.3 Å². The van der Waals surface area contributed by atoms with Crippen LogP contribution < -0.4 is 0 Å². The smallest absolute Gasteiger partial charge is 0.138 e. The van der Waals surface area contributed by atoms with E-state index in [0.29, 0.717) is 5.78 Å². The molecular formula is C10H18O2. The largest absolute Gasteiger partial charge is 0.377 e. The molecule has 1 heterocycles. The van der Waals surface area contributed by atoms with E-state index in [1.54, 1.807) is 0 Å². The molecule has 0 aromatic carbocycles. The lowest BCUT2D eigenvalue weighted by Gasteiger charge is -2.14. The molecule has 0 aromatic heterocycles. The average Bonchev–Trinajstić information content (AvgIpc) is 2.51. The second-order valence-corrected chi connectivity index (χ2v) is 3.43. The van der Waals surface area contributed by atoms with Gasteiger partial charge in [-0.15, -0.1) is 0 Å². The Hall–Kier alpha value is -0.370. The van der Waals surface area contributed by atoms with Gasteiger partial charge in [0.2, 0.25) is 0 Å². The summed E-state index contributed by atoms with van der Waals surface area (Å²) in [4.78, 5) is 11.5. The minimum atomic E-state index is 0.204. The van der Waals surface area contributed by atoms with Crippen molar-refractivity contribution < 1.29 is 9.53 Å². The summed E-state index contributed by atoms with van der Waals surface area (Å²) >= 11 is 0. The summed E-state index contributed by atoms with van der Waals surface area (Å²) in [5.74, 6) is 0.608. The maximum atomic E-state index is 11.5. The Morgan fingerprint density at radius 3 is 2.83 bits per heavy atom. The van der Waals surface area contributed by atoms with Crippen LogP contribution >= 0.6 is 0 Å². The second kappa shape index (κ2) is 4.61. The zero-order valence-electron chi connectivity index (χ0n) is 8.01. The van der Waals surface area contributed by atoms with Gasteiger partial charge in [0.15, 0.2) is 0 Å². The Bertz CT molecular complexity index is 154. The molecule has 1 rings (SSSR count). The van der Waals surface area contributed by atoms with Crippen LogP contribution in [0, 0.1) is 5.92 Å². The van der Waals surface area contributed by atoms with Gasteiger partial charge in [-0.25, -0.2) is 0 Å². The highest BCUT2D eigenvalue weighted by Gasteiger charge is 2.31. The van der Waals surface area contributed by atoms with Gasteiger partial charge < -0.3 is 4.74 Å². The van der Waals surface area contributed by atoms with Crippen LogP contribution in [-0.4, -0.2) is 18.5 Å². The molecule has 2 heteroatoms. The Morgan fingerprint density at radius 1 is 1.50 bits per heavy atom. The fourth-order valence-corrected chi connectivity index (χ4v) is 1.85. The highest BCUT2D eigenvalue weighted by atomic mass is 16.5. The summed E-state index contributed by atoms with van der Waals surface area (Å²) < 4.78 is 5.46. The van der Waals surface area contributed by atoms with E-state index in [1.165, 1.54) is 0 Å². The summed E-state index contributed by atoms with van der Waals surface area (Å²) in [6.45, 7) is 4.91. The van der Waals surface area contributed by atoms with Gasteiger partial charge in [0.05, 0.1) is 6.10 Å². The van der Waals surface area contributed by atoms with Crippen LogP contribution in [0.1, 0.15) is 39.5 Å². The summed E-state index contributed by atoms with van der Waals surface area (Å²) in [6, 6.07) is 0. The summed E-state index contributed by atoms with van der Waals surface area (Å²) in [5, 5.41) is 0. The molecule has 12 heavy (non-hydrogen) atoms. The molecule has 0 aliphatic carbocycles. The SMILES string of the molecule is CCCC(=O)C1CCOC1CC. The number of carbonyl (C=O) groups excluding carboxylic acids is 1. The number of rotatable bonds is 4. The molecule has 1 saturated heterocycles. The zero-order valence-corrected chi connectivity index (χ0v) is 8.01. The van der Waals surface area contributed by atoms with Crippen molar-refractivity contribution in [1.29, 1.82) is 0 Å². The molecule has 0 amide bonds. The first-order valence-corrected chi connectivity index (χ1v) is 4.93. The third-order valence-corrected chi connectivity index (χ3v) is 2.52. The number of hydrogen-bond acceptors (Lipinski definition) is 2. The summed E-state index contributed by atoms with van der Waals surface area (Å²) in [6.07, 6.45) is 3.82. The monoisotopic (exact) mass is 170 g/mol. The third kappa shape index (κ3) is 2.07. The molecular weight excluding hydrogens is 152 g/mol. The minimum absolute atomic E-state index is 0.204. The molecule has 0 aromatic rings. The van der Waals surface area contributed by atoms with Crippen LogP contribution in [-0.2, 0) is 9.53 Å². The van der Waals surface area contributed by atoms with E-state index < -0.39 is 0 Å². The van der Waals surface area contributed by atoms with E-state index in [1.807, 2.05) is 0 Å². The lowest BCUT2D eigenvalue weighted by Crippen LogP contribution is -2.23. The maximum absolute atomic E-state index is 11.5. The number of carbonyl (C=O) groups is 1. The van der Waals surface area contributed by atoms with E-state index in [-0.39, 0.29) is 12.0 Å². The Labute approximate surface area is 74.3 Å². The van der Waals surface area contributed by atoms with Crippen LogP contribution in [0.5, 0.6) is 0 Å². The zero-order chi connectivity index (χ0) is 8.97. The van der Waals surface area contributed by atoms with Crippen molar-refractivity contribution in [2.45, 2.75) is 45.6 Å². The number of hydrogen-bond donors (Lipinski definition) is 0. The quantitative estimate of drug-likeness (QED) is 0.646. The van der Waals surface area contributed by atoms with Crippen molar-refractivity contribution >= 4 is 5.78 Å². The van der Waals surface area contributed by atoms with Crippen LogP contribution in [0.4, 0.5) is 0 Å². The summed E-state index contributed by atoms with van der Waals surface area (Å²) in [5.41, 5.74) is 0. The van der Waals surface area contributed by atoms with Crippen LogP contribution in [0.2, 0.25) is 0 Å². The molecule has 0 N–H and O–H groups in total. The molecule has 2 nitrogen and oxygen atoms in total. The fourth-order valence-electron chi connectivity index (χ4n) is 1.85. The number of Topliss-reactive ketones (excluding diaryl/α,β-unsaturated/α-hetero) is 1. The Morgan fingerprint density at radius 2 is 2.25 bits per heavy atom. The van der Waals surface area contributed by atoms with Gasteiger partial charge in [-0.2, -0.15) is 0 Å². The Kier molecular flexibility index (Phi) is 3.73. The van der Waals surface area contributed by atoms with Gasteiger partial charge in [0.1, 0.15) is 5.78 Å². The highest BCUT2D eigenvalue weighted by Crippen LogP contribution is 2.25. The molecule has 70 valence electrons. The third-order valence-electron chi connectivity index (χ3n) is 2.52. The minimum Gasteiger partial charge on any atom is -0.377 e. The normalized spacial score (nSPS) is 29.2. The molecule has 1 aliphatic heterocycles. The molecule has 1 aliphatic rings. The molecule has 2 atom stereocenters. The van der Waals surface area contributed by atoms with Crippen molar-refractivity contribution in [2.24, 2.45) is 5.92 Å². The average molecular weight is 170 g/mol. The van der Waals surface area contributed by atoms with Gasteiger partial charge >= 0.3 is 0 Å². The van der Waals surface area contributed by atoms with E-state index in [9.17, 15) is 4.79 Å². The van der Waals surface area contributed by atoms with Gasteiger partial charge in [0.25, 0.3) is 0 Å². The van der Waals surface area contributed by atoms with E-state index >= 15 is 0 Å². The maximum Gasteiger partial charge on any atom is 0.138 e. The van der Waals surface area contributed by atoms with E-state index in [0.717, 1.165) is 32.3 Å². The second-order valence-electron chi connectivity index (χ2n) is 3.43. The van der Waals surface area contributed by atoms with Crippen LogP contribution in [0.25, 0.3) is 0 Å². The predicted molar refractivity (Wildman–Crippen MR) is 48.1 cm³/mol. The molecule has 2 unspecified atom stereocenters. The first-order chi connectivity index (χ1) is 5.79. The van der Waals surface area contributed by atoms with Gasteiger partial charge in [-0.3, -0.25) is 4.79 Å². The summed E-state index contributed by atoms with van der Waals surface area (Å²) in [7, 11) is 0. The van der Waals surface area contributed by atoms with Crippen LogP contribution in [0.15, 0.2) is 0 Å². The molecule has 0 bridgehead atoms. The molecule has 0 saturated carbocycles. The first kappa shape index (κ1) is 9.72. The van der Waals surface area contributed by atoms with Crippen molar-refractivity contribution in [3.8, 4) is 0 Å². The first-order valence-electron chi connectivity index (χ1n) is 4.93. The van der Waals surface area contributed by atoms with E-state index in [2.05, 4.69) is 13.8 Å². The van der Waals surface area contributed by atoms with Gasteiger partial charge in [-0.1, -0.05) is 13.8 Å². The van der Waals surface area contributed by atoms with Gasteiger partial charge in [-0.05, 0) is 19.3 Å². The van der Waals surface area contributed by atoms with E-state index in [4.69, 9.17) is 4.74 Å². The highest BCUT2D eigenvalue weighted by molar-refractivity contribution is 5.81. The lowest BCUT2D eigenvalue weighted by atomic mass is 9.92. The van der Waals surface area contributed by atoms with Crippen molar-refractivity contribution in [2.75, 3.05) is 6.61 Å². The molecule has 0 radical (unpaired) electrons. The van der Waals surface area contributed by atoms with Crippen molar-refractivity contribution in [1.82, 2.24) is 0 Å². The van der Waals surface area contributed by atoms with Gasteiger partial charge in [0, 0.05) is 18.9 Å². The number of ether oxygens (including phenoxy) is 1. The number of ketones is 1. The molecule has 0 spiro atoms. The van der Waals surface area contributed by atoms with Crippen LogP contribution in [0.3, 0.4) is 0 Å². The van der Waals surface area contributed by atoms with Crippen molar-refractivity contribution in [3.63, 3.8) is 0 Å². The van der Waals surface area contributed by atoms with Crippen molar-refractivity contribution in [3.05, 3.63) is 0 Å². The predicted octanol–water partition coefficient (Wildman–Crippen LogP) is 2.17. The molecule has 1 fully saturated rings. The fraction of sp³-hybridized carbons (Fsp3) is 0.900. The standard InChI is InChI=1S/C10H18O2/c1-3-5-9(11)8-6-7-12-10(8)4-2/h8,10H,3-7H2,1-2H3. The Balaban J connectivity index is 2.43.